The van der Waals surface area contributed by atoms with E-state index in [0.29, 0.717) is 5.82 Å². The van der Waals surface area contributed by atoms with E-state index in [1.165, 1.54) is 6.42 Å². The van der Waals surface area contributed by atoms with E-state index in [2.05, 4.69) is 33.4 Å². The van der Waals surface area contributed by atoms with Crippen LogP contribution in [0.3, 0.4) is 0 Å². The highest BCUT2D eigenvalue weighted by Gasteiger charge is 2.28. The van der Waals surface area contributed by atoms with Crippen LogP contribution >= 0.6 is 0 Å². The number of aromatic amines is 1. The second-order valence-electron chi connectivity index (χ2n) is 6.71. The van der Waals surface area contributed by atoms with E-state index in [0.717, 1.165) is 47.6 Å². The molecule has 29 heavy (non-hydrogen) atoms. The Morgan fingerprint density at radius 3 is 2.48 bits per heavy atom. The lowest BCUT2D eigenvalue weighted by molar-refractivity contribution is -0.126. The number of halogens is 3. The highest BCUT2D eigenvalue weighted by Crippen LogP contribution is 2.21. The van der Waals surface area contributed by atoms with E-state index in [1.807, 2.05) is 24.3 Å². The number of aliphatic hydroxyl groups excluding tert-OH is 1. The van der Waals surface area contributed by atoms with Crippen LogP contribution < -0.4 is 5.32 Å². The number of aliphatic hydroxyl groups is 1. The Morgan fingerprint density at radius 2 is 1.83 bits per heavy atom. The minimum absolute atomic E-state index is 0.0804. The van der Waals surface area contributed by atoms with Crippen molar-refractivity contribution < 1.29 is 18.3 Å². The summed E-state index contributed by atoms with van der Waals surface area (Å²) in [6, 6.07) is 7.92. The van der Waals surface area contributed by atoms with Crippen molar-refractivity contribution in [3.05, 3.63) is 49.4 Å². The van der Waals surface area contributed by atoms with E-state index in [-0.39, 0.29) is 12.6 Å². The minimum Gasteiger partial charge on any atom is -0.388 e. The standard InChI is InChI=1S/C11H9N3O.C8H14F3N.C2H4/c15-6-10-13-9-5-12-8-4-2-1-3-7(8)11(9)14-10;9-8(10,11)6-12-7-4-2-1-3-5-7;1-2/h1-5,15H,6H2,(H,13,14);7,12H,1-6H2;1-2H2. The van der Waals surface area contributed by atoms with Gasteiger partial charge >= 0.3 is 6.18 Å². The van der Waals surface area contributed by atoms with Crippen molar-refractivity contribution in [3.63, 3.8) is 0 Å². The van der Waals surface area contributed by atoms with Gasteiger partial charge in [0.2, 0.25) is 0 Å². The molecule has 8 heteroatoms. The summed E-state index contributed by atoms with van der Waals surface area (Å²) >= 11 is 0. The predicted octanol–water partition coefficient (Wildman–Crippen LogP) is 4.88. The molecule has 2 heterocycles. The number of benzene rings is 1. The molecule has 1 saturated carbocycles. The quantitative estimate of drug-likeness (QED) is 0.540. The number of H-pyrrole nitrogens is 1. The predicted molar refractivity (Wildman–Crippen MR) is 110 cm³/mol. The van der Waals surface area contributed by atoms with Crippen LogP contribution in [0.1, 0.15) is 37.9 Å². The third-order valence-electron chi connectivity index (χ3n) is 4.62. The zero-order chi connectivity index (χ0) is 21.3. The second-order valence-corrected chi connectivity index (χ2v) is 6.71. The fraction of sp³-hybridized carbons (Fsp3) is 0.429. The molecule has 1 aromatic carbocycles. The van der Waals surface area contributed by atoms with Crippen molar-refractivity contribution in [1.82, 2.24) is 20.3 Å². The van der Waals surface area contributed by atoms with Crippen LogP contribution in [0.15, 0.2) is 43.6 Å². The van der Waals surface area contributed by atoms with Gasteiger partial charge in [-0.05, 0) is 18.9 Å². The van der Waals surface area contributed by atoms with E-state index in [9.17, 15) is 13.2 Å². The van der Waals surface area contributed by atoms with Crippen molar-refractivity contribution in [2.24, 2.45) is 0 Å². The van der Waals surface area contributed by atoms with Crippen molar-refractivity contribution in [1.29, 1.82) is 0 Å². The van der Waals surface area contributed by atoms with Gasteiger partial charge in [0.1, 0.15) is 12.4 Å². The molecule has 2 aromatic heterocycles. The van der Waals surface area contributed by atoms with Gasteiger partial charge < -0.3 is 15.4 Å². The molecule has 1 fully saturated rings. The average Bonchev–Trinajstić information content (AvgIpc) is 3.19. The Balaban J connectivity index is 0.000000196. The summed E-state index contributed by atoms with van der Waals surface area (Å²) in [7, 11) is 0. The van der Waals surface area contributed by atoms with Crippen molar-refractivity contribution in [3.8, 4) is 0 Å². The molecule has 158 valence electrons. The summed E-state index contributed by atoms with van der Waals surface area (Å²) in [6.45, 7) is 5.08. The number of aromatic nitrogens is 3. The molecular weight excluding hydrogens is 381 g/mol. The molecular formula is C21H27F3N4O. The highest BCUT2D eigenvalue weighted by molar-refractivity contribution is 6.01. The number of hydrogen-bond acceptors (Lipinski definition) is 4. The number of fused-ring (bicyclic) bond motifs is 3. The number of hydrogen-bond donors (Lipinski definition) is 3. The van der Waals surface area contributed by atoms with Crippen LogP contribution in [-0.4, -0.2) is 38.8 Å². The van der Waals surface area contributed by atoms with Gasteiger partial charge in [0.25, 0.3) is 0 Å². The summed E-state index contributed by atoms with van der Waals surface area (Å²) in [4.78, 5) is 11.6. The third kappa shape index (κ3) is 6.83. The van der Waals surface area contributed by atoms with Crippen LogP contribution in [0.4, 0.5) is 13.2 Å². The number of pyridine rings is 1. The number of nitrogens with zero attached hydrogens (tertiary/aromatic N) is 2. The Hall–Kier alpha value is -2.45. The van der Waals surface area contributed by atoms with Crippen LogP contribution in [0.25, 0.3) is 21.9 Å². The largest absolute Gasteiger partial charge is 0.401 e. The molecule has 1 aliphatic carbocycles. The molecule has 3 aromatic rings. The van der Waals surface area contributed by atoms with Gasteiger partial charge in [0.15, 0.2) is 0 Å². The fourth-order valence-corrected chi connectivity index (χ4v) is 3.30. The van der Waals surface area contributed by atoms with E-state index in [1.54, 1.807) is 6.20 Å². The second kappa shape index (κ2) is 10.9. The summed E-state index contributed by atoms with van der Waals surface area (Å²) in [5.74, 6) is 0.572. The lowest BCUT2D eigenvalue weighted by atomic mass is 9.95. The van der Waals surface area contributed by atoms with Gasteiger partial charge in [0, 0.05) is 11.4 Å². The van der Waals surface area contributed by atoms with Gasteiger partial charge in [-0.3, -0.25) is 4.98 Å². The Morgan fingerprint density at radius 1 is 1.14 bits per heavy atom. The van der Waals surface area contributed by atoms with Crippen molar-refractivity contribution >= 4 is 21.9 Å². The van der Waals surface area contributed by atoms with Gasteiger partial charge in [-0.25, -0.2) is 4.98 Å². The highest BCUT2D eigenvalue weighted by atomic mass is 19.4. The number of para-hydroxylation sites is 1. The molecule has 0 saturated heterocycles. The van der Waals surface area contributed by atoms with Gasteiger partial charge in [0.05, 0.1) is 29.3 Å². The van der Waals surface area contributed by atoms with Crippen LogP contribution in [0.5, 0.6) is 0 Å². The van der Waals surface area contributed by atoms with E-state index < -0.39 is 12.7 Å². The maximum atomic E-state index is 11.7. The third-order valence-corrected chi connectivity index (χ3v) is 4.62. The normalized spacial score (nSPS) is 14.8. The first-order chi connectivity index (χ1) is 14.0. The van der Waals surface area contributed by atoms with Crippen LogP contribution in [0.2, 0.25) is 0 Å². The molecule has 3 N–H and O–H groups in total. The van der Waals surface area contributed by atoms with Crippen molar-refractivity contribution in [2.75, 3.05) is 6.54 Å². The zero-order valence-corrected chi connectivity index (χ0v) is 16.3. The summed E-state index contributed by atoms with van der Waals surface area (Å²) in [5, 5.41) is 12.5. The number of nitrogens with one attached hydrogen (secondary N) is 2. The maximum Gasteiger partial charge on any atom is 0.401 e. The van der Waals surface area contributed by atoms with Crippen molar-refractivity contribution in [2.45, 2.75) is 50.9 Å². The SMILES string of the molecule is C=C.FC(F)(F)CNC1CCCCC1.OCc1nc2c(cnc3ccccc32)[nH]1. The number of alkyl halides is 3. The topological polar surface area (TPSA) is 73.8 Å². The minimum atomic E-state index is -4.06. The lowest BCUT2D eigenvalue weighted by Gasteiger charge is -2.23. The zero-order valence-electron chi connectivity index (χ0n) is 16.3. The monoisotopic (exact) mass is 408 g/mol. The molecule has 0 spiro atoms. The maximum absolute atomic E-state index is 11.7. The smallest absolute Gasteiger partial charge is 0.388 e. The number of rotatable bonds is 3. The number of imidazole rings is 1. The first-order valence-corrected chi connectivity index (χ1v) is 9.59. The van der Waals surface area contributed by atoms with E-state index >= 15 is 0 Å². The fourth-order valence-electron chi connectivity index (χ4n) is 3.30. The molecule has 0 bridgehead atoms. The molecule has 0 unspecified atom stereocenters. The first-order valence-electron chi connectivity index (χ1n) is 9.59. The van der Waals surface area contributed by atoms with Crippen LogP contribution in [0, 0.1) is 0 Å². The van der Waals surface area contributed by atoms with E-state index in [4.69, 9.17) is 5.11 Å². The Labute approximate surface area is 168 Å². The summed E-state index contributed by atoms with van der Waals surface area (Å²) in [6.07, 6.45) is 2.78. The Bertz CT molecular complexity index is 888. The van der Waals surface area contributed by atoms with Gasteiger partial charge in [-0.1, -0.05) is 37.5 Å². The molecule has 1 aliphatic rings. The average molecular weight is 408 g/mol. The Kier molecular flexibility index (Phi) is 8.60. The molecule has 0 amide bonds. The van der Waals surface area contributed by atoms with Crippen LogP contribution in [-0.2, 0) is 6.61 Å². The summed E-state index contributed by atoms with van der Waals surface area (Å²) < 4.78 is 35.2. The molecule has 5 nitrogen and oxygen atoms in total. The molecule has 0 atom stereocenters. The van der Waals surface area contributed by atoms with Gasteiger partial charge in [-0.15, -0.1) is 13.2 Å². The first kappa shape index (κ1) is 22.8. The van der Waals surface area contributed by atoms with Gasteiger partial charge in [-0.2, -0.15) is 13.2 Å². The lowest BCUT2D eigenvalue weighted by Crippen LogP contribution is -2.38. The summed E-state index contributed by atoms with van der Waals surface area (Å²) in [5.41, 5.74) is 2.64. The molecule has 0 aliphatic heterocycles. The molecule has 0 radical (unpaired) electrons. The molecule has 4 rings (SSSR count).